The number of aliphatic carboxylic acids is 1. The van der Waals surface area contributed by atoms with E-state index in [-0.39, 0.29) is 18.9 Å². The maximum Gasteiger partial charge on any atom is 0.332 e. The lowest BCUT2D eigenvalue weighted by Gasteiger charge is -2.09. The number of halogens is 1. The first kappa shape index (κ1) is 15.5. The number of carbonyl (C=O) groups is 2. The SMILES string of the molecule is COc1ccc(C(=O)NCC[C@H](O)C(=O)O)cc1Br. The Kier molecular flexibility index (Phi) is 5.78. The van der Waals surface area contributed by atoms with E-state index in [2.05, 4.69) is 21.2 Å². The van der Waals surface area contributed by atoms with Gasteiger partial charge in [-0.15, -0.1) is 0 Å². The molecule has 0 aliphatic rings. The summed E-state index contributed by atoms with van der Waals surface area (Å²) in [7, 11) is 1.52. The predicted octanol–water partition coefficient (Wildman–Crippen LogP) is 1.02. The molecule has 0 unspecified atom stereocenters. The Morgan fingerprint density at radius 2 is 2.16 bits per heavy atom. The lowest BCUT2D eigenvalue weighted by Crippen LogP contribution is -2.30. The predicted molar refractivity (Wildman–Crippen MR) is 71.3 cm³/mol. The summed E-state index contributed by atoms with van der Waals surface area (Å²) in [6, 6.07) is 4.83. The van der Waals surface area contributed by atoms with E-state index in [1.807, 2.05) is 0 Å². The number of benzene rings is 1. The van der Waals surface area contributed by atoms with E-state index in [1.165, 1.54) is 7.11 Å². The molecule has 1 atom stereocenters. The highest BCUT2D eigenvalue weighted by Crippen LogP contribution is 2.25. The fraction of sp³-hybridized carbons (Fsp3) is 0.333. The number of amides is 1. The van der Waals surface area contributed by atoms with E-state index < -0.39 is 12.1 Å². The van der Waals surface area contributed by atoms with Crippen LogP contribution in [0.4, 0.5) is 0 Å². The van der Waals surface area contributed by atoms with Gasteiger partial charge in [0.25, 0.3) is 5.91 Å². The first-order valence-electron chi connectivity index (χ1n) is 5.48. The van der Waals surface area contributed by atoms with Crippen molar-refractivity contribution in [2.24, 2.45) is 0 Å². The van der Waals surface area contributed by atoms with Crippen LogP contribution in [0.5, 0.6) is 5.75 Å². The molecule has 0 saturated heterocycles. The first-order chi connectivity index (χ1) is 8.95. The summed E-state index contributed by atoms with van der Waals surface area (Å²) in [6.07, 6.45) is -1.51. The Labute approximate surface area is 118 Å². The van der Waals surface area contributed by atoms with Crippen LogP contribution in [0.15, 0.2) is 22.7 Å². The molecular weight excluding hydrogens is 318 g/mol. The number of rotatable bonds is 6. The Hall–Kier alpha value is -1.60. The van der Waals surface area contributed by atoms with Crippen molar-refractivity contribution in [1.82, 2.24) is 5.32 Å². The molecule has 0 fully saturated rings. The van der Waals surface area contributed by atoms with Crippen molar-refractivity contribution in [3.8, 4) is 5.75 Å². The number of carboxylic acids is 1. The third-order valence-corrected chi connectivity index (χ3v) is 3.02. The van der Waals surface area contributed by atoms with E-state index in [0.29, 0.717) is 15.8 Å². The Morgan fingerprint density at radius 3 is 2.68 bits per heavy atom. The van der Waals surface area contributed by atoms with Crippen molar-refractivity contribution in [2.45, 2.75) is 12.5 Å². The molecule has 1 aromatic rings. The van der Waals surface area contributed by atoms with Crippen molar-refractivity contribution >= 4 is 27.8 Å². The van der Waals surface area contributed by atoms with Gasteiger partial charge in [0.2, 0.25) is 0 Å². The second-order valence-electron chi connectivity index (χ2n) is 3.75. The average Bonchev–Trinajstić information content (AvgIpc) is 2.38. The topological polar surface area (TPSA) is 95.9 Å². The number of aliphatic hydroxyl groups is 1. The third kappa shape index (κ3) is 4.53. The highest BCUT2D eigenvalue weighted by molar-refractivity contribution is 9.10. The molecule has 3 N–H and O–H groups in total. The van der Waals surface area contributed by atoms with Crippen molar-refractivity contribution in [3.05, 3.63) is 28.2 Å². The minimum absolute atomic E-state index is 0.0433. The largest absolute Gasteiger partial charge is 0.496 e. The molecule has 0 radical (unpaired) electrons. The maximum absolute atomic E-state index is 11.7. The summed E-state index contributed by atoms with van der Waals surface area (Å²) >= 11 is 3.26. The minimum atomic E-state index is -1.47. The van der Waals surface area contributed by atoms with E-state index in [1.54, 1.807) is 18.2 Å². The molecule has 0 bridgehead atoms. The highest BCUT2D eigenvalue weighted by Gasteiger charge is 2.14. The second kappa shape index (κ2) is 7.10. The summed E-state index contributed by atoms with van der Waals surface area (Å²) in [5.74, 6) is -1.04. The van der Waals surface area contributed by atoms with Crippen LogP contribution in [-0.2, 0) is 4.79 Å². The number of hydrogen-bond acceptors (Lipinski definition) is 4. The van der Waals surface area contributed by atoms with Crippen LogP contribution < -0.4 is 10.1 Å². The summed E-state index contributed by atoms with van der Waals surface area (Å²) in [4.78, 5) is 22.1. The molecule has 1 aromatic carbocycles. The van der Waals surface area contributed by atoms with Gasteiger partial charge in [-0.05, 0) is 34.1 Å². The standard InChI is InChI=1S/C12H14BrNO5/c1-19-10-3-2-7(6-8(10)13)11(16)14-5-4-9(15)12(17)18/h2-3,6,9,15H,4-5H2,1H3,(H,14,16)(H,17,18)/t9-/m0/s1. The van der Waals surface area contributed by atoms with Crippen LogP contribution in [0.3, 0.4) is 0 Å². The lowest BCUT2D eigenvalue weighted by atomic mass is 10.2. The summed E-state index contributed by atoms with van der Waals surface area (Å²) in [5, 5.41) is 20.0. The molecule has 6 nitrogen and oxygen atoms in total. The first-order valence-corrected chi connectivity index (χ1v) is 6.27. The van der Waals surface area contributed by atoms with Gasteiger partial charge in [0.05, 0.1) is 11.6 Å². The number of aliphatic hydroxyl groups excluding tert-OH is 1. The summed E-state index contributed by atoms with van der Waals surface area (Å²) in [6.45, 7) is 0.0793. The molecule has 104 valence electrons. The number of nitrogens with one attached hydrogen (secondary N) is 1. The molecule has 0 aliphatic heterocycles. The zero-order valence-electron chi connectivity index (χ0n) is 10.2. The number of ether oxygens (including phenoxy) is 1. The minimum Gasteiger partial charge on any atom is -0.496 e. The van der Waals surface area contributed by atoms with Crippen LogP contribution in [0, 0.1) is 0 Å². The molecular formula is C12H14BrNO5. The van der Waals surface area contributed by atoms with Gasteiger partial charge in [-0.3, -0.25) is 4.79 Å². The Balaban J connectivity index is 2.54. The van der Waals surface area contributed by atoms with Gasteiger partial charge in [-0.25, -0.2) is 4.79 Å². The zero-order chi connectivity index (χ0) is 14.4. The van der Waals surface area contributed by atoms with Crippen molar-refractivity contribution in [1.29, 1.82) is 0 Å². The van der Waals surface area contributed by atoms with Crippen molar-refractivity contribution in [2.75, 3.05) is 13.7 Å². The summed E-state index contributed by atoms with van der Waals surface area (Å²) in [5.41, 5.74) is 0.414. The Morgan fingerprint density at radius 1 is 1.47 bits per heavy atom. The van der Waals surface area contributed by atoms with E-state index in [4.69, 9.17) is 14.9 Å². The van der Waals surface area contributed by atoms with Crippen LogP contribution in [0.2, 0.25) is 0 Å². The van der Waals surface area contributed by atoms with Crippen LogP contribution in [-0.4, -0.2) is 41.8 Å². The Bertz CT molecular complexity index is 477. The molecule has 0 saturated carbocycles. The van der Waals surface area contributed by atoms with Gasteiger partial charge < -0.3 is 20.3 Å². The highest BCUT2D eigenvalue weighted by atomic mass is 79.9. The van der Waals surface area contributed by atoms with Gasteiger partial charge >= 0.3 is 5.97 Å². The van der Waals surface area contributed by atoms with Gasteiger partial charge in [0.15, 0.2) is 6.10 Å². The van der Waals surface area contributed by atoms with Gasteiger partial charge in [0, 0.05) is 18.5 Å². The fourth-order valence-corrected chi connectivity index (χ4v) is 1.90. The number of carboxylic acid groups (broad SMARTS) is 1. The van der Waals surface area contributed by atoms with Gasteiger partial charge in [-0.2, -0.15) is 0 Å². The molecule has 1 amide bonds. The number of methoxy groups -OCH3 is 1. The molecule has 1 rings (SSSR count). The molecule has 7 heteroatoms. The summed E-state index contributed by atoms with van der Waals surface area (Å²) < 4.78 is 5.69. The third-order valence-electron chi connectivity index (χ3n) is 2.40. The van der Waals surface area contributed by atoms with Crippen molar-refractivity contribution < 1.29 is 24.5 Å². The van der Waals surface area contributed by atoms with Crippen LogP contribution in [0.1, 0.15) is 16.8 Å². The van der Waals surface area contributed by atoms with E-state index >= 15 is 0 Å². The zero-order valence-corrected chi connectivity index (χ0v) is 11.8. The van der Waals surface area contributed by atoms with Gasteiger partial charge in [0.1, 0.15) is 5.75 Å². The van der Waals surface area contributed by atoms with Crippen molar-refractivity contribution in [3.63, 3.8) is 0 Å². The maximum atomic E-state index is 11.7. The molecule has 0 aliphatic carbocycles. The molecule has 19 heavy (non-hydrogen) atoms. The number of hydrogen-bond donors (Lipinski definition) is 3. The molecule has 0 aromatic heterocycles. The second-order valence-corrected chi connectivity index (χ2v) is 4.60. The number of carbonyl (C=O) groups excluding carboxylic acids is 1. The smallest absolute Gasteiger partial charge is 0.332 e. The fourth-order valence-electron chi connectivity index (χ4n) is 1.36. The van der Waals surface area contributed by atoms with E-state index in [0.717, 1.165) is 0 Å². The van der Waals surface area contributed by atoms with Crippen LogP contribution >= 0.6 is 15.9 Å². The molecule has 0 spiro atoms. The van der Waals surface area contributed by atoms with Gasteiger partial charge in [-0.1, -0.05) is 0 Å². The van der Waals surface area contributed by atoms with E-state index in [9.17, 15) is 9.59 Å². The normalized spacial score (nSPS) is 11.7. The quantitative estimate of drug-likeness (QED) is 0.723. The lowest BCUT2D eigenvalue weighted by molar-refractivity contribution is -0.146. The van der Waals surface area contributed by atoms with Crippen LogP contribution in [0.25, 0.3) is 0 Å². The average molecular weight is 332 g/mol. The monoisotopic (exact) mass is 331 g/mol. The molecule has 0 heterocycles.